The van der Waals surface area contributed by atoms with Gasteiger partial charge in [-0.1, -0.05) is 17.7 Å². The van der Waals surface area contributed by atoms with Crippen LogP contribution in [0.15, 0.2) is 42.5 Å². The van der Waals surface area contributed by atoms with Crippen LogP contribution in [0.5, 0.6) is 5.75 Å². The van der Waals surface area contributed by atoms with Crippen LogP contribution in [-0.4, -0.2) is 25.6 Å². The first-order chi connectivity index (χ1) is 11.5. The van der Waals surface area contributed by atoms with Gasteiger partial charge in [0.2, 0.25) is 0 Å². The second kappa shape index (κ2) is 8.60. The predicted molar refractivity (Wildman–Crippen MR) is 100 cm³/mol. The van der Waals surface area contributed by atoms with Gasteiger partial charge in [0.25, 0.3) is 5.91 Å². The average molecular weight is 347 g/mol. The Kier molecular flexibility index (Phi) is 6.50. The van der Waals surface area contributed by atoms with Crippen molar-refractivity contribution in [3.8, 4) is 5.75 Å². The largest absolute Gasteiger partial charge is 0.483 e. The van der Waals surface area contributed by atoms with Gasteiger partial charge in [-0.25, -0.2) is 0 Å². The minimum absolute atomic E-state index is 0.0437. The van der Waals surface area contributed by atoms with Gasteiger partial charge in [-0.05, 0) is 62.7 Å². The van der Waals surface area contributed by atoms with Crippen molar-refractivity contribution in [1.29, 1.82) is 0 Å². The third-order valence-electron chi connectivity index (χ3n) is 3.75. The Hall–Kier alpha value is -2.20. The van der Waals surface area contributed by atoms with Crippen LogP contribution < -0.4 is 15.0 Å². The van der Waals surface area contributed by atoms with Crippen molar-refractivity contribution in [2.75, 3.05) is 29.9 Å². The second-order valence-corrected chi connectivity index (χ2v) is 5.91. The number of benzene rings is 2. The zero-order valence-corrected chi connectivity index (χ0v) is 15.1. The highest BCUT2D eigenvalue weighted by Gasteiger charge is 2.08. The van der Waals surface area contributed by atoms with Crippen molar-refractivity contribution < 1.29 is 9.53 Å². The number of ether oxygens (including phenoxy) is 1. The highest BCUT2D eigenvalue weighted by Crippen LogP contribution is 2.22. The standard InChI is InChI=1S/C19H23ClN2O2/c1-4-22(5-2)17-8-6-7-16(12-17)21-19(23)13-24-18-10-9-15(20)11-14(18)3/h6-12H,4-5,13H2,1-3H3,(H,21,23). The third kappa shape index (κ3) is 4.90. The minimum Gasteiger partial charge on any atom is -0.483 e. The molecule has 2 rings (SSSR count). The van der Waals surface area contributed by atoms with Gasteiger partial charge in [0, 0.05) is 29.5 Å². The normalized spacial score (nSPS) is 10.3. The molecule has 128 valence electrons. The van der Waals surface area contributed by atoms with Crippen LogP contribution in [0.25, 0.3) is 0 Å². The van der Waals surface area contributed by atoms with E-state index in [4.69, 9.17) is 16.3 Å². The predicted octanol–water partition coefficient (Wildman–Crippen LogP) is 4.51. The summed E-state index contributed by atoms with van der Waals surface area (Å²) >= 11 is 5.91. The minimum atomic E-state index is -0.193. The molecule has 0 saturated heterocycles. The number of carbonyl (C=O) groups excluding carboxylic acids is 1. The number of hydrogen-bond acceptors (Lipinski definition) is 3. The van der Waals surface area contributed by atoms with Crippen LogP contribution in [-0.2, 0) is 4.79 Å². The number of halogens is 1. The summed E-state index contributed by atoms with van der Waals surface area (Å²) in [4.78, 5) is 14.3. The molecule has 0 aliphatic carbocycles. The lowest BCUT2D eigenvalue weighted by atomic mass is 10.2. The zero-order chi connectivity index (χ0) is 17.5. The molecular formula is C19H23ClN2O2. The van der Waals surface area contributed by atoms with Gasteiger partial charge in [0.1, 0.15) is 5.75 Å². The molecule has 0 heterocycles. The fourth-order valence-corrected chi connectivity index (χ4v) is 2.71. The number of carbonyl (C=O) groups is 1. The molecule has 2 aromatic rings. The molecule has 0 aliphatic rings. The van der Waals surface area contributed by atoms with E-state index in [1.807, 2.05) is 37.3 Å². The molecule has 0 fully saturated rings. The summed E-state index contributed by atoms with van der Waals surface area (Å²) in [6.07, 6.45) is 0. The smallest absolute Gasteiger partial charge is 0.262 e. The highest BCUT2D eigenvalue weighted by molar-refractivity contribution is 6.30. The average Bonchev–Trinajstić information content (AvgIpc) is 2.55. The fraction of sp³-hybridized carbons (Fsp3) is 0.316. The maximum Gasteiger partial charge on any atom is 0.262 e. The Morgan fingerprint density at radius 3 is 2.58 bits per heavy atom. The molecule has 0 atom stereocenters. The van der Waals surface area contributed by atoms with E-state index >= 15 is 0 Å². The number of amides is 1. The molecule has 0 aromatic heterocycles. The first-order valence-electron chi connectivity index (χ1n) is 8.07. The lowest BCUT2D eigenvalue weighted by molar-refractivity contribution is -0.118. The monoisotopic (exact) mass is 346 g/mol. The lowest BCUT2D eigenvalue weighted by Crippen LogP contribution is -2.23. The molecular weight excluding hydrogens is 324 g/mol. The molecule has 5 heteroatoms. The topological polar surface area (TPSA) is 41.6 Å². The Bertz CT molecular complexity index is 700. The lowest BCUT2D eigenvalue weighted by Gasteiger charge is -2.21. The third-order valence-corrected chi connectivity index (χ3v) is 3.99. The molecule has 0 unspecified atom stereocenters. The summed E-state index contributed by atoms with van der Waals surface area (Å²) in [6.45, 7) is 7.92. The summed E-state index contributed by atoms with van der Waals surface area (Å²) in [5.41, 5.74) is 2.76. The summed E-state index contributed by atoms with van der Waals surface area (Å²) in [5, 5.41) is 3.52. The van der Waals surface area contributed by atoms with E-state index in [9.17, 15) is 4.79 Å². The fourth-order valence-electron chi connectivity index (χ4n) is 2.48. The van der Waals surface area contributed by atoms with Crippen LogP contribution >= 0.6 is 11.6 Å². The Morgan fingerprint density at radius 2 is 1.92 bits per heavy atom. The number of nitrogens with zero attached hydrogens (tertiary/aromatic N) is 1. The van der Waals surface area contributed by atoms with Crippen LogP contribution in [0.4, 0.5) is 11.4 Å². The number of hydrogen-bond donors (Lipinski definition) is 1. The van der Waals surface area contributed by atoms with E-state index in [1.165, 1.54) is 0 Å². The Balaban J connectivity index is 1.96. The molecule has 24 heavy (non-hydrogen) atoms. The van der Waals surface area contributed by atoms with Crippen LogP contribution in [0.3, 0.4) is 0 Å². The number of anilines is 2. The molecule has 0 bridgehead atoms. The van der Waals surface area contributed by atoms with Crippen molar-refractivity contribution in [3.63, 3.8) is 0 Å². The maximum absolute atomic E-state index is 12.1. The van der Waals surface area contributed by atoms with E-state index in [0.717, 1.165) is 30.0 Å². The van der Waals surface area contributed by atoms with Crippen LogP contribution in [0, 0.1) is 6.92 Å². The van der Waals surface area contributed by atoms with Gasteiger partial charge in [-0.2, -0.15) is 0 Å². The molecule has 0 aliphatic heterocycles. The zero-order valence-electron chi connectivity index (χ0n) is 14.3. The van der Waals surface area contributed by atoms with Gasteiger partial charge >= 0.3 is 0 Å². The van der Waals surface area contributed by atoms with E-state index < -0.39 is 0 Å². The molecule has 4 nitrogen and oxygen atoms in total. The summed E-state index contributed by atoms with van der Waals surface area (Å²) in [5.74, 6) is 0.465. The van der Waals surface area contributed by atoms with E-state index in [0.29, 0.717) is 10.8 Å². The van der Waals surface area contributed by atoms with Crippen molar-refractivity contribution in [2.24, 2.45) is 0 Å². The Morgan fingerprint density at radius 1 is 1.17 bits per heavy atom. The van der Waals surface area contributed by atoms with E-state index in [2.05, 4.69) is 24.1 Å². The first-order valence-corrected chi connectivity index (χ1v) is 8.45. The van der Waals surface area contributed by atoms with E-state index in [-0.39, 0.29) is 12.5 Å². The van der Waals surface area contributed by atoms with Gasteiger partial charge in [0.05, 0.1) is 0 Å². The first kappa shape index (κ1) is 18.1. The van der Waals surface area contributed by atoms with E-state index in [1.54, 1.807) is 12.1 Å². The molecule has 0 saturated carbocycles. The van der Waals surface area contributed by atoms with Gasteiger partial charge in [0.15, 0.2) is 6.61 Å². The molecule has 0 radical (unpaired) electrons. The highest BCUT2D eigenvalue weighted by atomic mass is 35.5. The van der Waals surface area contributed by atoms with Crippen molar-refractivity contribution in [2.45, 2.75) is 20.8 Å². The molecule has 0 spiro atoms. The SMILES string of the molecule is CCN(CC)c1cccc(NC(=O)COc2ccc(Cl)cc2C)c1. The van der Waals surface area contributed by atoms with Gasteiger partial charge in [-0.3, -0.25) is 4.79 Å². The molecule has 1 N–H and O–H groups in total. The number of rotatable bonds is 7. The van der Waals surface area contributed by atoms with Gasteiger partial charge < -0.3 is 15.0 Å². The number of nitrogens with one attached hydrogen (secondary N) is 1. The second-order valence-electron chi connectivity index (χ2n) is 5.47. The summed E-state index contributed by atoms with van der Waals surface area (Å²) in [7, 11) is 0. The van der Waals surface area contributed by atoms with Crippen molar-refractivity contribution in [1.82, 2.24) is 0 Å². The summed E-state index contributed by atoms with van der Waals surface area (Å²) in [6, 6.07) is 13.1. The maximum atomic E-state index is 12.1. The Labute approximate surface area is 148 Å². The van der Waals surface area contributed by atoms with Crippen molar-refractivity contribution in [3.05, 3.63) is 53.1 Å². The molecule has 1 amide bonds. The quantitative estimate of drug-likeness (QED) is 0.801. The van der Waals surface area contributed by atoms with Crippen LogP contribution in [0.1, 0.15) is 19.4 Å². The summed E-state index contributed by atoms with van der Waals surface area (Å²) < 4.78 is 5.56. The van der Waals surface area contributed by atoms with Crippen LogP contribution in [0.2, 0.25) is 5.02 Å². The van der Waals surface area contributed by atoms with Crippen molar-refractivity contribution >= 4 is 28.9 Å². The number of aryl methyl sites for hydroxylation is 1. The van der Waals surface area contributed by atoms with Gasteiger partial charge in [-0.15, -0.1) is 0 Å². The molecule has 2 aromatic carbocycles.